The molecule has 5 rings (SSSR count). The predicted molar refractivity (Wildman–Crippen MR) is 94.4 cm³/mol. The zero-order chi connectivity index (χ0) is 17.7. The van der Waals surface area contributed by atoms with Crippen LogP contribution in [0.2, 0.25) is 0 Å². The molecule has 4 heterocycles. The molecule has 8 heteroatoms. The van der Waals surface area contributed by atoms with E-state index in [0.29, 0.717) is 24.1 Å². The molecular weight excluding hydrogens is 332 g/mol. The Balaban J connectivity index is 1.21. The summed E-state index contributed by atoms with van der Waals surface area (Å²) in [6.07, 6.45) is 3.39. The van der Waals surface area contributed by atoms with Gasteiger partial charge in [-0.15, -0.1) is 5.10 Å². The average molecular weight is 354 g/mol. The first-order chi connectivity index (χ1) is 12.7. The van der Waals surface area contributed by atoms with Gasteiger partial charge in [0.1, 0.15) is 0 Å². The third-order valence-corrected chi connectivity index (χ3v) is 5.45. The van der Waals surface area contributed by atoms with Gasteiger partial charge in [0.25, 0.3) is 5.91 Å². The Bertz CT molecular complexity index is 799. The SMILES string of the molecule is CN(C(=O)c1cc2n(n1)CCCO2)C1CN(c2ccc(C3CC3)nn2)C1. The van der Waals surface area contributed by atoms with Gasteiger partial charge in [0, 0.05) is 45.1 Å². The van der Waals surface area contributed by atoms with E-state index in [1.54, 1.807) is 15.6 Å². The maximum absolute atomic E-state index is 12.7. The van der Waals surface area contributed by atoms with Crippen molar-refractivity contribution in [3.05, 3.63) is 29.6 Å². The molecule has 2 aromatic heterocycles. The summed E-state index contributed by atoms with van der Waals surface area (Å²) in [4.78, 5) is 16.6. The molecule has 2 aromatic rings. The number of likely N-dealkylation sites (N-methyl/N-ethyl adjacent to an activating group) is 1. The van der Waals surface area contributed by atoms with Crippen LogP contribution in [-0.4, -0.2) is 63.6 Å². The van der Waals surface area contributed by atoms with Crippen LogP contribution in [0.3, 0.4) is 0 Å². The monoisotopic (exact) mass is 354 g/mol. The summed E-state index contributed by atoms with van der Waals surface area (Å²) >= 11 is 0. The van der Waals surface area contributed by atoms with Gasteiger partial charge in [-0.05, 0) is 25.0 Å². The maximum atomic E-state index is 12.7. The summed E-state index contributed by atoms with van der Waals surface area (Å²) in [6, 6.07) is 6.03. The van der Waals surface area contributed by atoms with Gasteiger partial charge in [0.05, 0.1) is 18.3 Å². The van der Waals surface area contributed by atoms with E-state index in [4.69, 9.17) is 4.74 Å². The first-order valence-corrected chi connectivity index (χ1v) is 9.25. The highest BCUT2D eigenvalue weighted by atomic mass is 16.5. The van der Waals surface area contributed by atoms with Crippen molar-refractivity contribution in [2.24, 2.45) is 0 Å². The summed E-state index contributed by atoms with van der Waals surface area (Å²) in [5, 5.41) is 13.1. The number of amides is 1. The van der Waals surface area contributed by atoms with Crippen LogP contribution in [0.4, 0.5) is 5.82 Å². The van der Waals surface area contributed by atoms with Crippen molar-refractivity contribution in [1.29, 1.82) is 0 Å². The number of anilines is 1. The number of carbonyl (C=O) groups excluding carboxylic acids is 1. The number of rotatable bonds is 4. The molecule has 1 amide bonds. The van der Waals surface area contributed by atoms with Gasteiger partial charge in [0.15, 0.2) is 11.5 Å². The van der Waals surface area contributed by atoms with Crippen molar-refractivity contribution in [3.63, 3.8) is 0 Å². The highest BCUT2D eigenvalue weighted by Gasteiger charge is 2.35. The van der Waals surface area contributed by atoms with Crippen LogP contribution >= 0.6 is 0 Å². The highest BCUT2D eigenvalue weighted by Crippen LogP contribution is 2.38. The van der Waals surface area contributed by atoms with Crippen molar-refractivity contribution in [2.45, 2.75) is 37.8 Å². The van der Waals surface area contributed by atoms with E-state index >= 15 is 0 Å². The first kappa shape index (κ1) is 15.6. The second kappa shape index (κ2) is 5.96. The van der Waals surface area contributed by atoms with Crippen molar-refractivity contribution in [2.75, 3.05) is 31.6 Å². The largest absolute Gasteiger partial charge is 0.478 e. The fraction of sp³-hybridized carbons (Fsp3) is 0.556. The second-order valence-electron chi connectivity index (χ2n) is 7.36. The molecule has 26 heavy (non-hydrogen) atoms. The Morgan fingerprint density at radius 1 is 1.27 bits per heavy atom. The second-order valence-corrected chi connectivity index (χ2v) is 7.36. The minimum absolute atomic E-state index is 0.0599. The van der Waals surface area contributed by atoms with Crippen LogP contribution in [-0.2, 0) is 6.54 Å². The summed E-state index contributed by atoms with van der Waals surface area (Å²) < 4.78 is 7.32. The van der Waals surface area contributed by atoms with Gasteiger partial charge in [-0.1, -0.05) is 0 Å². The number of hydrogen-bond donors (Lipinski definition) is 0. The third-order valence-electron chi connectivity index (χ3n) is 5.45. The van der Waals surface area contributed by atoms with Crippen molar-refractivity contribution >= 4 is 11.7 Å². The number of hydrogen-bond acceptors (Lipinski definition) is 6. The molecule has 1 saturated carbocycles. The Labute approximate surface area is 151 Å². The Hall–Kier alpha value is -2.64. The molecule has 0 N–H and O–H groups in total. The van der Waals surface area contributed by atoms with Gasteiger partial charge in [-0.25, -0.2) is 4.68 Å². The predicted octanol–water partition coefficient (Wildman–Crippen LogP) is 1.29. The smallest absolute Gasteiger partial charge is 0.274 e. The van der Waals surface area contributed by atoms with Gasteiger partial charge < -0.3 is 14.5 Å². The molecule has 0 unspecified atom stereocenters. The van der Waals surface area contributed by atoms with Crippen LogP contribution < -0.4 is 9.64 Å². The van der Waals surface area contributed by atoms with Gasteiger partial charge in [-0.2, -0.15) is 10.2 Å². The van der Waals surface area contributed by atoms with Gasteiger partial charge >= 0.3 is 0 Å². The van der Waals surface area contributed by atoms with E-state index in [0.717, 1.165) is 37.6 Å². The van der Waals surface area contributed by atoms with Crippen molar-refractivity contribution in [1.82, 2.24) is 24.9 Å². The number of aryl methyl sites for hydroxylation is 1. The fourth-order valence-electron chi connectivity index (χ4n) is 3.51. The molecule has 0 atom stereocenters. The molecule has 1 aliphatic carbocycles. The maximum Gasteiger partial charge on any atom is 0.274 e. The lowest BCUT2D eigenvalue weighted by Gasteiger charge is -2.44. The molecular formula is C18H22N6O2. The third kappa shape index (κ3) is 2.69. The van der Waals surface area contributed by atoms with Gasteiger partial charge in [-0.3, -0.25) is 4.79 Å². The van der Waals surface area contributed by atoms with Crippen LogP contribution in [0.1, 0.15) is 41.4 Å². The summed E-state index contributed by atoms with van der Waals surface area (Å²) in [6.45, 7) is 3.03. The summed E-state index contributed by atoms with van der Waals surface area (Å²) in [5.74, 6) is 2.14. The van der Waals surface area contributed by atoms with E-state index in [-0.39, 0.29) is 11.9 Å². The van der Waals surface area contributed by atoms with Crippen LogP contribution in [0.15, 0.2) is 18.2 Å². The number of ether oxygens (including phenoxy) is 1. The number of aromatic nitrogens is 4. The van der Waals surface area contributed by atoms with E-state index in [2.05, 4.69) is 26.3 Å². The first-order valence-electron chi connectivity index (χ1n) is 9.25. The molecule has 3 aliphatic rings. The topological polar surface area (TPSA) is 76.4 Å². The Morgan fingerprint density at radius 2 is 2.12 bits per heavy atom. The van der Waals surface area contributed by atoms with E-state index < -0.39 is 0 Å². The average Bonchev–Trinajstić information content (AvgIpc) is 3.38. The van der Waals surface area contributed by atoms with Crippen LogP contribution in [0, 0.1) is 0 Å². The molecule has 0 bridgehead atoms. The van der Waals surface area contributed by atoms with Gasteiger partial charge in [0.2, 0.25) is 5.88 Å². The van der Waals surface area contributed by atoms with E-state index in [1.807, 2.05) is 13.1 Å². The molecule has 0 aromatic carbocycles. The normalized spacial score (nSPS) is 19.5. The zero-order valence-electron chi connectivity index (χ0n) is 14.8. The Morgan fingerprint density at radius 3 is 2.81 bits per heavy atom. The lowest BCUT2D eigenvalue weighted by molar-refractivity contribution is 0.0698. The highest BCUT2D eigenvalue weighted by molar-refractivity contribution is 5.93. The molecule has 2 fully saturated rings. The quantitative estimate of drug-likeness (QED) is 0.824. The van der Waals surface area contributed by atoms with E-state index in [1.165, 1.54) is 12.8 Å². The van der Waals surface area contributed by atoms with E-state index in [9.17, 15) is 4.79 Å². The van der Waals surface area contributed by atoms with Crippen molar-refractivity contribution in [3.8, 4) is 5.88 Å². The van der Waals surface area contributed by atoms with Crippen LogP contribution in [0.5, 0.6) is 5.88 Å². The fourth-order valence-corrected chi connectivity index (χ4v) is 3.51. The Kier molecular flexibility index (Phi) is 3.58. The number of nitrogens with zero attached hydrogens (tertiary/aromatic N) is 6. The molecule has 1 saturated heterocycles. The minimum Gasteiger partial charge on any atom is -0.478 e. The number of carbonyl (C=O) groups is 1. The summed E-state index contributed by atoms with van der Waals surface area (Å²) in [7, 11) is 1.84. The molecule has 0 spiro atoms. The lowest BCUT2D eigenvalue weighted by Crippen LogP contribution is -2.60. The molecule has 8 nitrogen and oxygen atoms in total. The van der Waals surface area contributed by atoms with Crippen LogP contribution in [0.25, 0.3) is 0 Å². The molecule has 136 valence electrons. The van der Waals surface area contributed by atoms with Crippen molar-refractivity contribution < 1.29 is 9.53 Å². The minimum atomic E-state index is -0.0599. The molecule has 2 aliphatic heterocycles. The lowest BCUT2D eigenvalue weighted by atomic mass is 10.1. The standard InChI is InChI=1S/C18H22N6O2/c1-22(18(25)15-9-17-24(21-15)7-2-8-26-17)13-10-23(11-13)16-6-5-14(19-20-16)12-3-4-12/h5-6,9,12-13H,2-4,7-8,10-11H2,1H3. The summed E-state index contributed by atoms with van der Waals surface area (Å²) in [5.41, 5.74) is 1.56. The molecule has 0 radical (unpaired) electrons. The zero-order valence-corrected chi connectivity index (χ0v) is 14.8. The number of fused-ring (bicyclic) bond motifs is 1.